The van der Waals surface area contributed by atoms with Crippen LogP contribution in [0.5, 0.6) is 5.75 Å². The number of phenols is 1. The molecule has 0 aliphatic carbocycles. The van der Waals surface area contributed by atoms with Crippen molar-refractivity contribution in [2.75, 3.05) is 10.6 Å². The lowest BCUT2D eigenvalue weighted by atomic mass is 10.2. The largest absolute Gasteiger partial charge is 0.508 e. The molecule has 1 aromatic carbocycles. The van der Waals surface area contributed by atoms with Gasteiger partial charge in [0.25, 0.3) is 0 Å². The number of anilines is 3. The van der Waals surface area contributed by atoms with Crippen LogP contribution in [0.3, 0.4) is 0 Å². The fourth-order valence-electron chi connectivity index (χ4n) is 2.29. The van der Waals surface area contributed by atoms with Gasteiger partial charge >= 0.3 is 0 Å². The molecule has 8 heteroatoms. The van der Waals surface area contributed by atoms with E-state index < -0.39 is 0 Å². The summed E-state index contributed by atoms with van der Waals surface area (Å²) in [5.74, 6) is 0.398. The number of nitrogens with zero attached hydrogens (tertiary/aromatic N) is 2. The molecule has 130 valence electrons. The van der Waals surface area contributed by atoms with Gasteiger partial charge in [-0.05, 0) is 36.8 Å². The third kappa shape index (κ3) is 4.10. The van der Waals surface area contributed by atoms with E-state index >= 15 is 0 Å². The van der Waals surface area contributed by atoms with Crippen LogP contribution < -0.4 is 10.6 Å². The molecule has 0 saturated heterocycles. The molecule has 0 saturated carbocycles. The maximum Gasteiger partial charge on any atom is 0.222 e. The van der Waals surface area contributed by atoms with E-state index in [0.717, 1.165) is 11.1 Å². The van der Waals surface area contributed by atoms with Gasteiger partial charge in [-0.15, -0.1) is 12.4 Å². The van der Waals surface area contributed by atoms with Gasteiger partial charge < -0.3 is 15.7 Å². The minimum absolute atomic E-state index is 0. The lowest BCUT2D eigenvalue weighted by Crippen LogP contribution is -2.07. The van der Waals surface area contributed by atoms with Crippen molar-refractivity contribution in [2.45, 2.75) is 13.8 Å². The summed E-state index contributed by atoms with van der Waals surface area (Å²) >= 11 is 6.23. The summed E-state index contributed by atoms with van der Waals surface area (Å²) in [6, 6.07) is 8.56. The summed E-state index contributed by atoms with van der Waals surface area (Å²) < 4.78 is 0. The highest BCUT2D eigenvalue weighted by Crippen LogP contribution is 2.33. The Hall–Kier alpha value is -2.57. The monoisotopic (exact) mass is 378 g/mol. The van der Waals surface area contributed by atoms with Crippen LogP contribution in [-0.2, 0) is 4.79 Å². The van der Waals surface area contributed by atoms with Crippen molar-refractivity contribution in [3.8, 4) is 5.75 Å². The van der Waals surface area contributed by atoms with E-state index in [-0.39, 0.29) is 24.1 Å². The van der Waals surface area contributed by atoms with Crippen molar-refractivity contribution in [3.63, 3.8) is 0 Å². The number of phenolic OH excluding ortho intramolecular Hbond substituents is 1. The minimum Gasteiger partial charge on any atom is -0.508 e. The van der Waals surface area contributed by atoms with Gasteiger partial charge in [-0.25, -0.2) is 9.97 Å². The molecular formula is C17H16Cl2N4O2. The van der Waals surface area contributed by atoms with Crippen LogP contribution in [0.4, 0.5) is 17.2 Å². The van der Waals surface area contributed by atoms with E-state index in [2.05, 4.69) is 20.6 Å². The molecule has 25 heavy (non-hydrogen) atoms. The van der Waals surface area contributed by atoms with E-state index in [1.807, 2.05) is 6.07 Å². The summed E-state index contributed by atoms with van der Waals surface area (Å²) in [6.45, 7) is 3.20. The first-order valence-corrected chi connectivity index (χ1v) is 7.61. The molecule has 0 aliphatic heterocycles. The van der Waals surface area contributed by atoms with Crippen LogP contribution in [0.15, 0.2) is 36.5 Å². The second-order valence-electron chi connectivity index (χ2n) is 5.35. The number of aromatic hydroxyl groups is 1. The predicted octanol–water partition coefficient (Wildman–Crippen LogP) is 4.42. The number of rotatable bonds is 3. The van der Waals surface area contributed by atoms with E-state index in [4.69, 9.17) is 11.6 Å². The minimum atomic E-state index is -0.196. The molecule has 6 nitrogen and oxygen atoms in total. The number of hydrogen-bond donors (Lipinski definition) is 3. The number of benzene rings is 1. The molecule has 3 aromatic rings. The van der Waals surface area contributed by atoms with E-state index in [1.165, 1.54) is 6.92 Å². The van der Waals surface area contributed by atoms with Crippen molar-refractivity contribution in [2.24, 2.45) is 0 Å². The number of aryl methyl sites for hydroxylation is 1. The van der Waals surface area contributed by atoms with Gasteiger partial charge in [-0.2, -0.15) is 0 Å². The molecular weight excluding hydrogens is 363 g/mol. The fourth-order valence-corrected chi connectivity index (χ4v) is 2.56. The first-order valence-electron chi connectivity index (χ1n) is 7.23. The number of nitrogens with one attached hydrogen (secondary N) is 2. The highest BCUT2D eigenvalue weighted by molar-refractivity contribution is 6.33. The smallest absolute Gasteiger partial charge is 0.222 e. The van der Waals surface area contributed by atoms with Crippen LogP contribution in [0.25, 0.3) is 11.0 Å². The van der Waals surface area contributed by atoms with Gasteiger partial charge in [0.15, 0.2) is 5.65 Å². The second-order valence-corrected chi connectivity index (χ2v) is 5.76. The van der Waals surface area contributed by atoms with Crippen molar-refractivity contribution in [1.82, 2.24) is 9.97 Å². The number of carbonyl (C=O) groups is 1. The number of aromatic nitrogens is 2. The molecule has 3 N–H and O–H groups in total. The van der Waals surface area contributed by atoms with Gasteiger partial charge in [0, 0.05) is 24.6 Å². The van der Waals surface area contributed by atoms with Gasteiger partial charge in [0.05, 0.1) is 16.4 Å². The Morgan fingerprint density at radius 1 is 1.20 bits per heavy atom. The van der Waals surface area contributed by atoms with E-state index in [9.17, 15) is 9.90 Å². The quantitative estimate of drug-likeness (QED) is 0.627. The van der Waals surface area contributed by atoms with Crippen molar-refractivity contribution in [1.29, 1.82) is 0 Å². The van der Waals surface area contributed by atoms with Crippen LogP contribution in [-0.4, -0.2) is 21.0 Å². The molecule has 0 bridgehead atoms. The Bertz CT molecular complexity index is 947. The molecule has 0 atom stereocenters. The highest BCUT2D eigenvalue weighted by Gasteiger charge is 2.09. The van der Waals surface area contributed by atoms with Crippen LogP contribution >= 0.6 is 24.0 Å². The molecule has 2 aromatic heterocycles. The number of fused-ring (bicyclic) bond motifs is 1. The predicted molar refractivity (Wildman–Crippen MR) is 102 cm³/mol. The van der Waals surface area contributed by atoms with Crippen LogP contribution in [0.1, 0.15) is 12.5 Å². The summed E-state index contributed by atoms with van der Waals surface area (Å²) in [5, 5.41) is 16.9. The van der Waals surface area contributed by atoms with Gasteiger partial charge in [-0.3, -0.25) is 4.79 Å². The molecule has 2 heterocycles. The number of halogens is 2. The lowest BCUT2D eigenvalue weighted by Gasteiger charge is -2.12. The topological polar surface area (TPSA) is 87.1 Å². The average Bonchev–Trinajstić information content (AvgIpc) is 2.52. The zero-order valence-electron chi connectivity index (χ0n) is 13.5. The number of amides is 1. The highest BCUT2D eigenvalue weighted by atomic mass is 35.5. The molecule has 0 spiro atoms. The third-order valence-corrected chi connectivity index (χ3v) is 3.78. The van der Waals surface area contributed by atoms with Crippen molar-refractivity contribution in [3.05, 3.63) is 47.1 Å². The summed E-state index contributed by atoms with van der Waals surface area (Å²) in [7, 11) is 0. The SMILES string of the molecule is CC(=O)Nc1ccc2c(Nc3cc(O)c(C)cc3Cl)ccnc2n1.Cl. The molecule has 0 fully saturated rings. The molecule has 0 unspecified atom stereocenters. The number of hydrogen-bond acceptors (Lipinski definition) is 5. The first-order chi connectivity index (χ1) is 11.4. The summed E-state index contributed by atoms with van der Waals surface area (Å²) in [6.07, 6.45) is 1.61. The summed E-state index contributed by atoms with van der Waals surface area (Å²) in [5.41, 5.74) is 2.51. The number of pyridine rings is 2. The van der Waals surface area contributed by atoms with Gasteiger partial charge in [0.1, 0.15) is 11.6 Å². The Morgan fingerprint density at radius 2 is 1.96 bits per heavy atom. The normalized spacial score (nSPS) is 10.2. The third-order valence-electron chi connectivity index (χ3n) is 3.46. The maximum atomic E-state index is 11.1. The zero-order chi connectivity index (χ0) is 17.3. The van der Waals surface area contributed by atoms with Gasteiger partial charge in [-0.1, -0.05) is 11.6 Å². The molecule has 0 radical (unpaired) electrons. The Morgan fingerprint density at radius 3 is 2.68 bits per heavy atom. The molecule has 0 aliphatic rings. The standard InChI is InChI=1S/C17H15ClN4O2.ClH/c1-9-7-12(18)14(8-15(9)24)21-13-5-6-19-17-11(13)3-4-16(22-17)20-10(2)23;/h3-8,24H,1-2H3,(H2,19,20,21,22,23);1H. The Labute approximate surface area is 155 Å². The fraction of sp³-hybridized carbons (Fsp3) is 0.118. The number of carbonyl (C=O) groups excluding carboxylic acids is 1. The van der Waals surface area contributed by atoms with E-state index in [0.29, 0.717) is 27.7 Å². The Balaban J connectivity index is 0.00000225. The second kappa shape index (κ2) is 7.55. The Kier molecular flexibility index (Phi) is 5.66. The van der Waals surface area contributed by atoms with Crippen LogP contribution in [0, 0.1) is 6.92 Å². The van der Waals surface area contributed by atoms with E-state index in [1.54, 1.807) is 37.4 Å². The molecule has 1 amide bonds. The molecule has 3 rings (SSSR count). The van der Waals surface area contributed by atoms with Gasteiger partial charge in [0.2, 0.25) is 5.91 Å². The van der Waals surface area contributed by atoms with Crippen LogP contribution in [0.2, 0.25) is 5.02 Å². The summed E-state index contributed by atoms with van der Waals surface area (Å²) in [4.78, 5) is 19.7. The zero-order valence-corrected chi connectivity index (χ0v) is 15.1. The lowest BCUT2D eigenvalue weighted by molar-refractivity contribution is -0.114. The first kappa shape index (κ1) is 18.8. The average molecular weight is 379 g/mol. The van der Waals surface area contributed by atoms with Crippen molar-refractivity contribution >= 4 is 58.1 Å². The maximum absolute atomic E-state index is 11.1. The van der Waals surface area contributed by atoms with Crippen molar-refractivity contribution < 1.29 is 9.90 Å².